The summed E-state index contributed by atoms with van der Waals surface area (Å²) in [7, 11) is 3.36. The van der Waals surface area contributed by atoms with E-state index in [0.29, 0.717) is 48.1 Å². The molecule has 0 unspecified atom stereocenters. The highest BCUT2D eigenvalue weighted by Crippen LogP contribution is 2.32. The highest BCUT2D eigenvalue weighted by molar-refractivity contribution is 5.94. The molecule has 33 heavy (non-hydrogen) atoms. The Morgan fingerprint density at radius 2 is 1.94 bits per heavy atom. The van der Waals surface area contributed by atoms with E-state index in [-0.39, 0.29) is 11.4 Å². The molecule has 9 heteroatoms. The van der Waals surface area contributed by atoms with Gasteiger partial charge >= 0.3 is 6.18 Å². The molecule has 1 aromatic carbocycles. The first-order valence-corrected chi connectivity index (χ1v) is 10.7. The maximum absolute atomic E-state index is 13.0. The molecule has 0 spiro atoms. The third kappa shape index (κ3) is 5.02. The van der Waals surface area contributed by atoms with Crippen LogP contribution < -0.4 is 9.64 Å². The van der Waals surface area contributed by atoms with E-state index in [9.17, 15) is 18.0 Å². The Hall–Kier alpha value is -3.36. The molecule has 4 rings (SSSR count). The third-order valence-corrected chi connectivity index (χ3v) is 5.99. The maximum Gasteiger partial charge on any atom is 0.433 e. The van der Waals surface area contributed by atoms with Crippen LogP contribution in [-0.4, -0.2) is 54.6 Å². The van der Waals surface area contributed by atoms with Crippen LogP contribution in [0.4, 0.5) is 19.0 Å². The van der Waals surface area contributed by atoms with Crippen molar-refractivity contribution in [3.63, 3.8) is 0 Å². The number of halogens is 3. The van der Waals surface area contributed by atoms with Crippen LogP contribution in [0.5, 0.6) is 5.75 Å². The Labute approximate surface area is 190 Å². The summed E-state index contributed by atoms with van der Waals surface area (Å²) in [6, 6.07) is 11.0. The number of carbonyl (C=O) groups is 1. The van der Waals surface area contributed by atoms with E-state index in [1.165, 1.54) is 18.3 Å². The summed E-state index contributed by atoms with van der Waals surface area (Å²) < 4.78 is 44.2. The number of benzene rings is 1. The molecule has 3 aromatic rings. The quantitative estimate of drug-likeness (QED) is 0.557. The fourth-order valence-corrected chi connectivity index (χ4v) is 4.22. The van der Waals surface area contributed by atoms with Crippen molar-refractivity contribution in [3.8, 4) is 5.75 Å². The van der Waals surface area contributed by atoms with Gasteiger partial charge in [-0.2, -0.15) is 13.2 Å². The molecule has 1 amide bonds. The zero-order chi connectivity index (χ0) is 23.6. The third-order valence-electron chi connectivity index (χ3n) is 5.99. The minimum absolute atomic E-state index is 0.0569. The number of aromatic nitrogens is 2. The molecule has 174 valence electrons. The Morgan fingerprint density at radius 1 is 1.18 bits per heavy atom. The molecule has 0 saturated carbocycles. The van der Waals surface area contributed by atoms with E-state index in [4.69, 9.17) is 4.74 Å². The number of amides is 1. The fraction of sp³-hybridized carbons (Fsp3) is 0.375. The largest absolute Gasteiger partial charge is 0.497 e. The van der Waals surface area contributed by atoms with Crippen molar-refractivity contribution in [1.29, 1.82) is 0 Å². The van der Waals surface area contributed by atoms with Gasteiger partial charge in [-0.3, -0.25) is 4.79 Å². The summed E-state index contributed by atoms with van der Waals surface area (Å²) in [6.45, 7) is 2.04. The summed E-state index contributed by atoms with van der Waals surface area (Å²) in [5.41, 5.74) is -0.0462. The predicted octanol–water partition coefficient (Wildman–Crippen LogP) is 4.65. The second kappa shape index (κ2) is 9.25. The molecule has 1 aliphatic heterocycles. The van der Waals surface area contributed by atoms with Gasteiger partial charge in [0.2, 0.25) is 0 Å². The molecule has 3 heterocycles. The summed E-state index contributed by atoms with van der Waals surface area (Å²) in [5.74, 6) is 1.55. The molecule has 1 aliphatic rings. The van der Waals surface area contributed by atoms with Gasteiger partial charge < -0.3 is 14.5 Å². The lowest BCUT2D eigenvalue weighted by atomic mass is 9.95. The minimum atomic E-state index is -4.48. The van der Waals surface area contributed by atoms with Gasteiger partial charge in [0.25, 0.3) is 5.91 Å². The molecule has 0 N–H and O–H groups in total. The monoisotopic (exact) mass is 458 g/mol. The molecule has 0 bridgehead atoms. The Bertz CT molecular complexity index is 1140. The number of methoxy groups -OCH3 is 1. The fourth-order valence-electron chi connectivity index (χ4n) is 4.22. The van der Waals surface area contributed by atoms with E-state index in [2.05, 4.69) is 14.9 Å². The van der Waals surface area contributed by atoms with Crippen LogP contribution in [0.3, 0.4) is 0 Å². The van der Waals surface area contributed by atoms with Gasteiger partial charge in [-0.25, -0.2) is 9.97 Å². The van der Waals surface area contributed by atoms with Crippen molar-refractivity contribution in [1.82, 2.24) is 14.9 Å². The second-order valence-electron chi connectivity index (χ2n) is 8.24. The van der Waals surface area contributed by atoms with Gasteiger partial charge in [0, 0.05) is 43.8 Å². The minimum Gasteiger partial charge on any atom is -0.497 e. The van der Waals surface area contributed by atoms with Crippen molar-refractivity contribution < 1.29 is 22.7 Å². The summed E-state index contributed by atoms with van der Waals surface area (Å²) in [6.07, 6.45) is -1.29. The van der Waals surface area contributed by atoms with Gasteiger partial charge in [-0.05, 0) is 55.2 Å². The first kappa shape index (κ1) is 22.8. The number of fused-ring (bicyclic) bond motifs is 1. The Kier molecular flexibility index (Phi) is 6.40. The highest BCUT2D eigenvalue weighted by atomic mass is 19.4. The number of pyridine rings is 2. The molecule has 1 saturated heterocycles. The number of nitrogens with zero attached hydrogens (tertiary/aromatic N) is 4. The molecule has 2 aromatic heterocycles. The molecule has 0 radical (unpaired) electrons. The van der Waals surface area contributed by atoms with Gasteiger partial charge in [-0.1, -0.05) is 6.07 Å². The van der Waals surface area contributed by atoms with Crippen molar-refractivity contribution in [2.45, 2.75) is 19.0 Å². The number of anilines is 1. The van der Waals surface area contributed by atoms with Crippen LogP contribution in [0, 0.1) is 5.92 Å². The van der Waals surface area contributed by atoms with Crippen LogP contribution in [-0.2, 0) is 6.18 Å². The number of piperidine rings is 1. The summed E-state index contributed by atoms with van der Waals surface area (Å²) >= 11 is 0. The van der Waals surface area contributed by atoms with Gasteiger partial charge in [0.05, 0.1) is 12.6 Å². The van der Waals surface area contributed by atoms with Crippen LogP contribution in [0.2, 0.25) is 0 Å². The summed E-state index contributed by atoms with van der Waals surface area (Å²) in [5, 5.41) is 0.606. The van der Waals surface area contributed by atoms with E-state index in [1.54, 1.807) is 43.3 Å². The predicted molar refractivity (Wildman–Crippen MR) is 119 cm³/mol. The van der Waals surface area contributed by atoms with Crippen LogP contribution in [0.15, 0.2) is 48.7 Å². The molecular formula is C24H25F3N4O2. The average Bonchev–Trinajstić information content (AvgIpc) is 2.82. The first-order valence-electron chi connectivity index (χ1n) is 10.7. The first-order chi connectivity index (χ1) is 15.8. The Balaban J connectivity index is 1.40. The molecule has 6 nitrogen and oxygen atoms in total. The van der Waals surface area contributed by atoms with Crippen molar-refractivity contribution in [2.24, 2.45) is 5.92 Å². The van der Waals surface area contributed by atoms with E-state index in [1.807, 2.05) is 0 Å². The van der Waals surface area contributed by atoms with Crippen LogP contribution >= 0.6 is 0 Å². The smallest absolute Gasteiger partial charge is 0.433 e. The van der Waals surface area contributed by atoms with Crippen molar-refractivity contribution >= 4 is 22.6 Å². The zero-order valence-corrected chi connectivity index (χ0v) is 18.5. The summed E-state index contributed by atoms with van der Waals surface area (Å²) in [4.78, 5) is 24.8. The number of hydrogen-bond donors (Lipinski definition) is 0. The topological polar surface area (TPSA) is 58.6 Å². The number of alkyl halides is 3. The van der Waals surface area contributed by atoms with Gasteiger partial charge in [0.1, 0.15) is 17.3 Å². The number of rotatable bonds is 5. The standard InChI is InChI=1S/C24H25F3N4O2/c1-30(23(32)17-4-3-5-18(14-17)33-2)15-16-9-12-31(13-10-16)22-19-6-7-21(24(25,26)27)29-20(19)8-11-28-22/h3-8,11,14,16H,9-10,12-13,15H2,1-2H3. The van der Waals surface area contributed by atoms with Crippen LogP contribution in [0.25, 0.3) is 10.9 Å². The molecule has 0 aliphatic carbocycles. The number of ether oxygens (including phenoxy) is 1. The van der Waals surface area contributed by atoms with E-state index >= 15 is 0 Å². The molecule has 0 atom stereocenters. The van der Waals surface area contributed by atoms with Crippen LogP contribution in [0.1, 0.15) is 28.9 Å². The Morgan fingerprint density at radius 3 is 2.64 bits per heavy atom. The van der Waals surface area contributed by atoms with Gasteiger partial charge in [-0.15, -0.1) is 0 Å². The molecule has 1 fully saturated rings. The number of hydrogen-bond acceptors (Lipinski definition) is 5. The lowest BCUT2D eigenvalue weighted by molar-refractivity contribution is -0.140. The lowest BCUT2D eigenvalue weighted by Gasteiger charge is -2.35. The van der Waals surface area contributed by atoms with Crippen molar-refractivity contribution in [3.05, 3.63) is 59.9 Å². The SMILES string of the molecule is COc1cccc(C(=O)N(C)CC2CCN(c3nccc4nc(C(F)(F)F)ccc34)CC2)c1. The van der Waals surface area contributed by atoms with E-state index in [0.717, 1.165) is 18.9 Å². The lowest BCUT2D eigenvalue weighted by Crippen LogP contribution is -2.39. The second-order valence-corrected chi connectivity index (χ2v) is 8.24. The van der Waals surface area contributed by atoms with Gasteiger partial charge in [0.15, 0.2) is 0 Å². The highest BCUT2D eigenvalue weighted by Gasteiger charge is 2.33. The maximum atomic E-state index is 13.0. The zero-order valence-electron chi connectivity index (χ0n) is 18.5. The number of carbonyl (C=O) groups excluding carboxylic acids is 1. The van der Waals surface area contributed by atoms with Crippen molar-refractivity contribution in [2.75, 3.05) is 38.7 Å². The van der Waals surface area contributed by atoms with E-state index < -0.39 is 11.9 Å². The average molecular weight is 458 g/mol. The normalized spacial score (nSPS) is 15.0. The molecular weight excluding hydrogens is 433 g/mol.